The van der Waals surface area contributed by atoms with Crippen molar-refractivity contribution in [3.63, 3.8) is 0 Å². The summed E-state index contributed by atoms with van der Waals surface area (Å²) in [7, 11) is 3.70. The van der Waals surface area contributed by atoms with Gasteiger partial charge in [0.15, 0.2) is 5.96 Å². The number of nitrogens with zero attached hydrogens (tertiary/aromatic N) is 2. The van der Waals surface area contributed by atoms with Gasteiger partial charge in [-0.3, -0.25) is 9.79 Å². The zero-order valence-electron chi connectivity index (χ0n) is 14.0. The third-order valence-corrected chi connectivity index (χ3v) is 3.70. The van der Waals surface area contributed by atoms with Crippen LogP contribution in [0, 0.1) is 0 Å². The molecule has 0 atom stereocenters. The summed E-state index contributed by atoms with van der Waals surface area (Å²) >= 11 is 1.76. The van der Waals surface area contributed by atoms with Crippen LogP contribution in [0.3, 0.4) is 0 Å². The first-order chi connectivity index (χ1) is 9.81. The van der Waals surface area contributed by atoms with Gasteiger partial charge in [0.05, 0.1) is 6.54 Å². The zero-order chi connectivity index (χ0) is 15.9. The number of rotatable bonds is 5. The van der Waals surface area contributed by atoms with Crippen LogP contribution in [0.5, 0.6) is 0 Å². The van der Waals surface area contributed by atoms with E-state index in [2.05, 4.69) is 33.1 Å². The molecule has 0 saturated heterocycles. The van der Waals surface area contributed by atoms with Crippen molar-refractivity contribution < 1.29 is 4.79 Å². The van der Waals surface area contributed by atoms with Crippen LogP contribution in [0.4, 0.5) is 0 Å². The number of carbonyl (C=O) groups excluding carboxylic acids is 1. The van der Waals surface area contributed by atoms with Gasteiger partial charge < -0.3 is 15.5 Å². The van der Waals surface area contributed by atoms with Crippen LogP contribution in [0.25, 0.3) is 0 Å². The number of guanidine groups is 1. The molecule has 0 aliphatic heterocycles. The van der Waals surface area contributed by atoms with Gasteiger partial charge in [0.2, 0.25) is 5.91 Å². The average Bonchev–Trinajstić information content (AvgIpc) is 2.88. The molecule has 0 unspecified atom stereocenters. The Labute approximate surface area is 154 Å². The first-order valence-electron chi connectivity index (χ1n) is 7.07. The van der Waals surface area contributed by atoms with Crippen LogP contribution < -0.4 is 10.6 Å². The molecule has 0 spiro atoms. The molecule has 0 fully saturated rings. The molecule has 2 N–H and O–H groups in total. The van der Waals surface area contributed by atoms with E-state index in [0.717, 1.165) is 18.9 Å². The number of likely N-dealkylation sites (N-methyl/N-ethyl adjacent to an activating group) is 1. The number of halogens is 1. The van der Waals surface area contributed by atoms with Gasteiger partial charge in [-0.1, -0.05) is 6.07 Å². The van der Waals surface area contributed by atoms with E-state index in [0.29, 0.717) is 0 Å². The van der Waals surface area contributed by atoms with E-state index in [1.165, 1.54) is 4.88 Å². The van der Waals surface area contributed by atoms with Crippen LogP contribution in [0.15, 0.2) is 22.5 Å². The first-order valence-corrected chi connectivity index (χ1v) is 7.95. The summed E-state index contributed by atoms with van der Waals surface area (Å²) in [6, 6.07) is 4.19. The predicted octanol–water partition coefficient (Wildman–Crippen LogP) is 2.33. The Balaban J connectivity index is 0.00000441. The highest BCUT2D eigenvalue weighted by Crippen LogP contribution is 2.09. The monoisotopic (exact) mass is 438 g/mol. The maximum Gasteiger partial charge on any atom is 0.239 e. The lowest BCUT2D eigenvalue weighted by atomic mass is 10.1. The lowest BCUT2D eigenvalue weighted by molar-refractivity contribution is -0.121. The molecule has 1 aromatic rings. The molecule has 126 valence electrons. The molecule has 22 heavy (non-hydrogen) atoms. The van der Waals surface area contributed by atoms with Crippen molar-refractivity contribution in [2.75, 3.05) is 27.2 Å². The highest BCUT2D eigenvalue weighted by atomic mass is 127. The molecule has 0 aromatic carbocycles. The lowest BCUT2D eigenvalue weighted by Gasteiger charge is -2.24. The molecule has 0 radical (unpaired) electrons. The minimum absolute atomic E-state index is 0. The molecular weight excluding hydrogens is 411 g/mol. The molecule has 7 heteroatoms. The Morgan fingerprint density at radius 2 is 2.09 bits per heavy atom. The van der Waals surface area contributed by atoms with E-state index in [-0.39, 0.29) is 42.0 Å². The van der Waals surface area contributed by atoms with Gasteiger partial charge in [-0.25, -0.2) is 0 Å². The quantitative estimate of drug-likeness (QED) is 0.422. The number of hydrogen-bond acceptors (Lipinski definition) is 3. The summed E-state index contributed by atoms with van der Waals surface area (Å²) in [6.45, 7) is 6.99. The standard InChI is InChI=1S/C15H26N4OS.HI/c1-15(2,3)18-13(20)11-17-14(16-4)19(5)9-8-12-7-6-10-21-12;/h6-7,10H,8-9,11H2,1-5H3,(H,16,17)(H,18,20);1H. The van der Waals surface area contributed by atoms with E-state index in [9.17, 15) is 4.79 Å². The number of thiophene rings is 1. The van der Waals surface area contributed by atoms with Gasteiger partial charge in [-0.15, -0.1) is 35.3 Å². The second kappa shape index (κ2) is 10.0. The minimum Gasteiger partial charge on any atom is -0.350 e. The molecule has 1 amide bonds. The van der Waals surface area contributed by atoms with Gasteiger partial charge in [0.25, 0.3) is 0 Å². The second-order valence-electron chi connectivity index (χ2n) is 5.95. The summed E-state index contributed by atoms with van der Waals surface area (Å²) in [5, 5.41) is 8.09. The highest BCUT2D eigenvalue weighted by molar-refractivity contribution is 14.0. The molecule has 1 aromatic heterocycles. The van der Waals surface area contributed by atoms with Crippen molar-refractivity contribution in [1.29, 1.82) is 0 Å². The van der Waals surface area contributed by atoms with Crippen LogP contribution >= 0.6 is 35.3 Å². The van der Waals surface area contributed by atoms with Crippen LogP contribution in [0.2, 0.25) is 0 Å². The average molecular weight is 438 g/mol. The van der Waals surface area contributed by atoms with Crippen LogP contribution in [-0.4, -0.2) is 49.5 Å². The molecule has 0 aliphatic rings. The van der Waals surface area contributed by atoms with E-state index >= 15 is 0 Å². The van der Waals surface area contributed by atoms with Crippen molar-refractivity contribution in [3.05, 3.63) is 22.4 Å². The molecule has 0 aliphatic carbocycles. The zero-order valence-corrected chi connectivity index (χ0v) is 17.1. The van der Waals surface area contributed by atoms with Crippen molar-refractivity contribution in [2.45, 2.75) is 32.7 Å². The largest absolute Gasteiger partial charge is 0.350 e. The van der Waals surface area contributed by atoms with E-state index < -0.39 is 0 Å². The maximum absolute atomic E-state index is 11.8. The highest BCUT2D eigenvalue weighted by Gasteiger charge is 2.14. The minimum atomic E-state index is -0.215. The molecular formula is C15H27IN4OS. The molecule has 0 bridgehead atoms. The molecule has 1 rings (SSSR count). The first kappa shape index (κ1) is 21.2. The summed E-state index contributed by atoms with van der Waals surface area (Å²) < 4.78 is 0. The van der Waals surface area contributed by atoms with Gasteiger partial charge >= 0.3 is 0 Å². The van der Waals surface area contributed by atoms with Gasteiger partial charge in [-0.05, 0) is 38.6 Å². The Morgan fingerprint density at radius 3 is 2.59 bits per heavy atom. The Bertz CT molecular complexity index is 468. The number of aliphatic imine (C=N–C) groups is 1. The Kier molecular flexibility index (Phi) is 9.66. The fourth-order valence-electron chi connectivity index (χ4n) is 1.85. The lowest BCUT2D eigenvalue weighted by Crippen LogP contribution is -2.48. The summed E-state index contributed by atoms with van der Waals surface area (Å²) in [5.41, 5.74) is -0.215. The number of nitrogens with one attached hydrogen (secondary N) is 2. The Hall–Kier alpha value is -0.830. The van der Waals surface area contributed by atoms with E-state index in [1.54, 1.807) is 18.4 Å². The predicted molar refractivity (Wildman–Crippen MR) is 105 cm³/mol. The van der Waals surface area contributed by atoms with Gasteiger partial charge in [-0.2, -0.15) is 0 Å². The Morgan fingerprint density at radius 1 is 1.41 bits per heavy atom. The maximum atomic E-state index is 11.8. The molecule has 1 heterocycles. The molecule has 5 nitrogen and oxygen atoms in total. The third-order valence-electron chi connectivity index (χ3n) is 2.77. The third kappa shape index (κ3) is 8.57. The van der Waals surface area contributed by atoms with Crippen molar-refractivity contribution in [1.82, 2.24) is 15.5 Å². The fraction of sp³-hybridized carbons (Fsp3) is 0.600. The summed E-state index contributed by atoms with van der Waals surface area (Å²) in [4.78, 5) is 19.4. The summed E-state index contributed by atoms with van der Waals surface area (Å²) in [6.07, 6.45) is 0.975. The van der Waals surface area contributed by atoms with Crippen LogP contribution in [0.1, 0.15) is 25.6 Å². The summed E-state index contributed by atoms with van der Waals surface area (Å²) in [5.74, 6) is 0.700. The van der Waals surface area contributed by atoms with Crippen molar-refractivity contribution >= 4 is 47.2 Å². The number of carbonyl (C=O) groups is 1. The van der Waals surface area contributed by atoms with Gasteiger partial charge in [0, 0.05) is 31.1 Å². The number of hydrogen-bond donors (Lipinski definition) is 2. The normalized spacial score (nSPS) is 11.6. The molecule has 0 saturated carbocycles. The second-order valence-corrected chi connectivity index (χ2v) is 6.98. The smallest absolute Gasteiger partial charge is 0.239 e. The van der Waals surface area contributed by atoms with E-state index in [1.807, 2.05) is 32.7 Å². The van der Waals surface area contributed by atoms with E-state index in [4.69, 9.17) is 0 Å². The van der Waals surface area contributed by atoms with Crippen molar-refractivity contribution in [2.24, 2.45) is 4.99 Å². The number of amides is 1. The topological polar surface area (TPSA) is 56.7 Å². The van der Waals surface area contributed by atoms with Crippen LogP contribution in [-0.2, 0) is 11.2 Å². The fourth-order valence-corrected chi connectivity index (χ4v) is 2.54. The van der Waals surface area contributed by atoms with Gasteiger partial charge in [0.1, 0.15) is 0 Å². The van der Waals surface area contributed by atoms with Crippen molar-refractivity contribution in [3.8, 4) is 0 Å². The SMILES string of the molecule is CN=C(NCC(=O)NC(C)(C)C)N(C)CCc1cccs1.I.